The summed E-state index contributed by atoms with van der Waals surface area (Å²) in [7, 11) is 0. The van der Waals surface area contributed by atoms with Gasteiger partial charge in [-0.15, -0.1) is 0 Å². The number of para-hydroxylation sites is 1. The normalized spacial score (nSPS) is 10.7. The van der Waals surface area contributed by atoms with Gasteiger partial charge < -0.3 is 5.32 Å². The first kappa shape index (κ1) is 12.3. The second-order valence-electron chi connectivity index (χ2n) is 4.20. The Bertz CT molecular complexity index is 798. The molecule has 1 aromatic heterocycles. The second-order valence-corrected chi connectivity index (χ2v) is 4.20. The van der Waals surface area contributed by atoms with Crippen molar-refractivity contribution < 1.29 is 13.6 Å². The number of benzene rings is 2. The zero-order valence-corrected chi connectivity index (χ0v) is 10.2. The van der Waals surface area contributed by atoms with E-state index in [4.69, 9.17) is 0 Å². The summed E-state index contributed by atoms with van der Waals surface area (Å²) < 4.78 is 25.9. The standard InChI is InChI=1S/C14H9F2N3O/c15-10-6-5-8(7-11(10)16)14(20)17-13-9-3-1-2-4-12(9)18-19-13/h1-7H,(H2,17,18,19,20). The van der Waals surface area contributed by atoms with Gasteiger partial charge in [-0.1, -0.05) is 12.1 Å². The third-order valence-corrected chi connectivity index (χ3v) is 2.88. The average molecular weight is 273 g/mol. The summed E-state index contributed by atoms with van der Waals surface area (Å²) >= 11 is 0. The number of anilines is 1. The van der Waals surface area contributed by atoms with E-state index in [9.17, 15) is 13.6 Å². The molecule has 0 bridgehead atoms. The number of H-pyrrole nitrogens is 1. The van der Waals surface area contributed by atoms with Gasteiger partial charge in [0.05, 0.1) is 5.52 Å². The summed E-state index contributed by atoms with van der Waals surface area (Å²) in [6.45, 7) is 0. The van der Waals surface area contributed by atoms with Gasteiger partial charge in [-0.3, -0.25) is 9.89 Å². The van der Waals surface area contributed by atoms with Gasteiger partial charge in [0.1, 0.15) is 0 Å². The number of halogens is 2. The number of hydrogen-bond donors (Lipinski definition) is 2. The second kappa shape index (κ2) is 4.73. The Balaban J connectivity index is 1.90. The van der Waals surface area contributed by atoms with E-state index in [1.54, 1.807) is 6.07 Å². The third kappa shape index (κ3) is 2.11. The molecule has 0 aliphatic heterocycles. The molecule has 0 spiro atoms. The van der Waals surface area contributed by atoms with Gasteiger partial charge >= 0.3 is 0 Å². The van der Waals surface area contributed by atoms with E-state index < -0.39 is 17.5 Å². The largest absolute Gasteiger partial charge is 0.305 e. The number of rotatable bonds is 2. The quantitative estimate of drug-likeness (QED) is 0.753. The lowest BCUT2D eigenvalue weighted by Crippen LogP contribution is -2.12. The van der Waals surface area contributed by atoms with E-state index in [1.165, 1.54) is 6.07 Å². The van der Waals surface area contributed by atoms with Crippen LogP contribution in [-0.4, -0.2) is 16.1 Å². The highest BCUT2D eigenvalue weighted by atomic mass is 19.2. The van der Waals surface area contributed by atoms with Crippen molar-refractivity contribution in [2.24, 2.45) is 0 Å². The number of aromatic nitrogens is 2. The number of aromatic amines is 1. The molecule has 0 aliphatic carbocycles. The van der Waals surface area contributed by atoms with Crippen molar-refractivity contribution in [1.82, 2.24) is 10.2 Å². The van der Waals surface area contributed by atoms with E-state index in [0.717, 1.165) is 23.0 Å². The molecule has 2 N–H and O–H groups in total. The highest BCUT2D eigenvalue weighted by Crippen LogP contribution is 2.20. The third-order valence-electron chi connectivity index (χ3n) is 2.88. The maximum Gasteiger partial charge on any atom is 0.256 e. The van der Waals surface area contributed by atoms with Crippen LogP contribution in [0.2, 0.25) is 0 Å². The highest BCUT2D eigenvalue weighted by molar-refractivity contribution is 6.07. The predicted octanol–water partition coefficient (Wildman–Crippen LogP) is 3.09. The molecule has 1 amide bonds. The van der Waals surface area contributed by atoms with Crippen molar-refractivity contribution >= 4 is 22.6 Å². The zero-order valence-electron chi connectivity index (χ0n) is 10.2. The molecule has 0 atom stereocenters. The summed E-state index contributed by atoms with van der Waals surface area (Å²) in [6.07, 6.45) is 0. The minimum atomic E-state index is -1.07. The van der Waals surface area contributed by atoms with Gasteiger partial charge in [0.15, 0.2) is 17.5 Å². The Labute approximate surface area is 112 Å². The van der Waals surface area contributed by atoms with Crippen LogP contribution >= 0.6 is 0 Å². The molecule has 20 heavy (non-hydrogen) atoms. The summed E-state index contributed by atoms with van der Waals surface area (Å²) in [6, 6.07) is 10.2. The fourth-order valence-electron chi connectivity index (χ4n) is 1.88. The number of amides is 1. The van der Waals surface area contributed by atoms with Crippen LogP contribution in [0.4, 0.5) is 14.6 Å². The van der Waals surface area contributed by atoms with Crippen molar-refractivity contribution in [3.63, 3.8) is 0 Å². The summed E-state index contributed by atoms with van der Waals surface area (Å²) in [5.74, 6) is -2.27. The molecule has 3 aromatic rings. The lowest BCUT2D eigenvalue weighted by Gasteiger charge is -2.03. The minimum absolute atomic E-state index is 0.0241. The van der Waals surface area contributed by atoms with Crippen molar-refractivity contribution in [3.8, 4) is 0 Å². The molecular formula is C14H9F2N3O. The molecule has 0 saturated carbocycles. The number of carbonyl (C=O) groups excluding carboxylic acids is 1. The highest BCUT2D eigenvalue weighted by Gasteiger charge is 2.12. The summed E-state index contributed by atoms with van der Waals surface area (Å²) in [4.78, 5) is 12.0. The first-order chi connectivity index (χ1) is 9.65. The average Bonchev–Trinajstić information content (AvgIpc) is 2.85. The van der Waals surface area contributed by atoms with Crippen LogP contribution in [-0.2, 0) is 0 Å². The number of nitrogens with zero attached hydrogens (tertiary/aromatic N) is 1. The van der Waals surface area contributed by atoms with Gasteiger partial charge in [-0.05, 0) is 30.3 Å². The van der Waals surface area contributed by atoms with Crippen molar-refractivity contribution in [1.29, 1.82) is 0 Å². The molecule has 3 rings (SSSR count). The van der Waals surface area contributed by atoms with E-state index in [2.05, 4.69) is 15.5 Å². The molecule has 0 aliphatic rings. The first-order valence-corrected chi connectivity index (χ1v) is 5.84. The zero-order chi connectivity index (χ0) is 14.1. The molecule has 0 radical (unpaired) electrons. The Hall–Kier alpha value is -2.76. The van der Waals surface area contributed by atoms with Gasteiger partial charge in [-0.2, -0.15) is 5.10 Å². The van der Waals surface area contributed by atoms with Crippen LogP contribution in [0.1, 0.15) is 10.4 Å². The van der Waals surface area contributed by atoms with Crippen molar-refractivity contribution in [2.75, 3.05) is 5.32 Å². The van der Waals surface area contributed by atoms with Crippen LogP contribution in [0, 0.1) is 11.6 Å². The van der Waals surface area contributed by atoms with Crippen LogP contribution in [0.5, 0.6) is 0 Å². The van der Waals surface area contributed by atoms with E-state index in [-0.39, 0.29) is 5.56 Å². The number of carbonyl (C=O) groups is 1. The molecule has 0 unspecified atom stereocenters. The SMILES string of the molecule is O=C(Nc1n[nH]c2ccccc12)c1ccc(F)c(F)c1. The molecule has 0 saturated heterocycles. The van der Waals surface area contributed by atoms with Crippen LogP contribution < -0.4 is 5.32 Å². The monoisotopic (exact) mass is 273 g/mol. The Morgan fingerprint density at radius 2 is 1.90 bits per heavy atom. The van der Waals surface area contributed by atoms with Gasteiger partial charge in [0, 0.05) is 10.9 Å². The fourth-order valence-corrected chi connectivity index (χ4v) is 1.88. The molecule has 100 valence electrons. The predicted molar refractivity (Wildman–Crippen MR) is 70.4 cm³/mol. The summed E-state index contributed by atoms with van der Waals surface area (Å²) in [5, 5.41) is 10.0. The molecule has 4 nitrogen and oxygen atoms in total. The van der Waals surface area contributed by atoms with Crippen LogP contribution in [0.25, 0.3) is 10.9 Å². The molecule has 2 aromatic carbocycles. The Kier molecular flexibility index (Phi) is 2.90. The van der Waals surface area contributed by atoms with Gasteiger partial charge in [-0.25, -0.2) is 8.78 Å². The Morgan fingerprint density at radius 1 is 1.10 bits per heavy atom. The van der Waals surface area contributed by atoms with Crippen LogP contribution in [0.15, 0.2) is 42.5 Å². The molecule has 1 heterocycles. The first-order valence-electron chi connectivity index (χ1n) is 5.84. The minimum Gasteiger partial charge on any atom is -0.305 e. The van der Waals surface area contributed by atoms with E-state index in [0.29, 0.717) is 5.82 Å². The van der Waals surface area contributed by atoms with E-state index >= 15 is 0 Å². The summed E-state index contributed by atoms with van der Waals surface area (Å²) in [5.41, 5.74) is 0.795. The van der Waals surface area contributed by atoms with E-state index in [1.807, 2.05) is 18.2 Å². The topological polar surface area (TPSA) is 57.8 Å². The molecule has 6 heteroatoms. The van der Waals surface area contributed by atoms with Crippen molar-refractivity contribution in [2.45, 2.75) is 0 Å². The fraction of sp³-hybridized carbons (Fsp3) is 0. The Morgan fingerprint density at radius 3 is 2.70 bits per heavy atom. The number of fused-ring (bicyclic) bond motifs is 1. The van der Waals surface area contributed by atoms with Crippen LogP contribution in [0.3, 0.4) is 0 Å². The van der Waals surface area contributed by atoms with Crippen molar-refractivity contribution in [3.05, 3.63) is 59.7 Å². The lowest BCUT2D eigenvalue weighted by molar-refractivity contribution is 0.102. The maximum atomic E-state index is 13.1. The number of nitrogens with one attached hydrogen (secondary N) is 2. The molecule has 0 fully saturated rings. The smallest absolute Gasteiger partial charge is 0.256 e. The van der Waals surface area contributed by atoms with Gasteiger partial charge in [0.2, 0.25) is 0 Å². The molecular weight excluding hydrogens is 264 g/mol. The lowest BCUT2D eigenvalue weighted by atomic mass is 10.2. The van der Waals surface area contributed by atoms with Gasteiger partial charge in [0.25, 0.3) is 5.91 Å². The number of hydrogen-bond acceptors (Lipinski definition) is 2. The maximum absolute atomic E-state index is 13.1.